The molecule has 0 aliphatic heterocycles. The molecule has 0 amide bonds. The Kier molecular flexibility index (Phi) is 8.61. The molecule has 0 aliphatic rings. The zero-order valence-electron chi connectivity index (χ0n) is 20.4. The minimum Gasteiger partial charge on any atom is -0.457 e. The monoisotopic (exact) mass is 575 g/mol. The van der Waals surface area contributed by atoms with E-state index in [4.69, 9.17) is 22.1 Å². The number of halogens is 1. The van der Waals surface area contributed by atoms with Crippen molar-refractivity contribution in [3.05, 3.63) is 112 Å². The van der Waals surface area contributed by atoms with Crippen molar-refractivity contribution in [2.24, 2.45) is 0 Å². The Balaban J connectivity index is 1.20. The van der Waals surface area contributed by atoms with Crippen molar-refractivity contribution in [3.63, 3.8) is 0 Å². The predicted octanol–water partition coefficient (Wildman–Crippen LogP) is 6.31. The maximum Gasteiger partial charge on any atom is 0.251 e. The lowest BCUT2D eigenvalue weighted by Crippen LogP contribution is -2.10. The van der Waals surface area contributed by atoms with E-state index in [-0.39, 0.29) is 11.5 Å². The largest absolute Gasteiger partial charge is 0.457 e. The van der Waals surface area contributed by atoms with E-state index in [0.29, 0.717) is 44.9 Å². The summed E-state index contributed by atoms with van der Waals surface area (Å²) < 4.78 is 5.83. The number of nitrogen functional groups attached to an aromatic ring is 1. The second-order valence-electron chi connectivity index (χ2n) is 8.07. The summed E-state index contributed by atoms with van der Waals surface area (Å²) in [6.45, 7) is 0. The molecule has 39 heavy (non-hydrogen) atoms. The standard InChI is InChI=1S/C27H22ClN7O2S2/c28-17-6-12-22(13-7-17)38-15-19-14-24(36)34-27(31-19)39-16-23-32-25(29)35-26(33-23)30-18-8-10-21(11-9-18)37-20-4-2-1-3-5-20/h1-14H,15-16H2,(H,31,34,36)(H3,29,30,32,33,35). The normalized spacial score (nSPS) is 10.8. The number of rotatable bonds is 10. The van der Waals surface area contributed by atoms with E-state index in [0.717, 1.165) is 16.3 Å². The van der Waals surface area contributed by atoms with Gasteiger partial charge in [-0.2, -0.15) is 15.0 Å². The number of para-hydroxylation sites is 1. The van der Waals surface area contributed by atoms with Crippen molar-refractivity contribution in [3.8, 4) is 11.5 Å². The van der Waals surface area contributed by atoms with Gasteiger partial charge in [-0.25, -0.2) is 4.98 Å². The molecule has 2 heterocycles. The number of hydrogen-bond donors (Lipinski definition) is 3. The number of hydrogen-bond acceptors (Lipinski definition) is 10. The molecular weight excluding hydrogens is 554 g/mol. The van der Waals surface area contributed by atoms with Gasteiger partial charge >= 0.3 is 0 Å². The summed E-state index contributed by atoms with van der Waals surface area (Å²) in [5.41, 5.74) is 7.13. The number of benzene rings is 3. The van der Waals surface area contributed by atoms with E-state index in [1.807, 2.05) is 78.9 Å². The molecule has 5 aromatic rings. The van der Waals surface area contributed by atoms with E-state index < -0.39 is 0 Å². The number of H-pyrrole nitrogens is 1. The molecule has 9 nitrogen and oxygen atoms in total. The maximum absolute atomic E-state index is 12.2. The zero-order chi connectivity index (χ0) is 27.0. The van der Waals surface area contributed by atoms with E-state index >= 15 is 0 Å². The van der Waals surface area contributed by atoms with E-state index in [2.05, 4.69) is 30.2 Å². The van der Waals surface area contributed by atoms with Crippen LogP contribution in [-0.2, 0) is 11.5 Å². The molecule has 12 heteroatoms. The second-order valence-corrected chi connectivity index (χ2v) is 10.5. The average molecular weight is 576 g/mol. The highest BCUT2D eigenvalue weighted by atomic mass is 35.5. The first-order valence-corrected chi connectivity index (χ1v) is 14.1. The van der Waals surface area contributed by atoms with Crippen LogP contribution in [0.5, 0.6) is 11.5 Å². The van der Waals surface area contributed by atoms with Crippen LogP contribution in [0.25, 0.3) is 0 Å². The fraction of sp³-hybridized carbons (Fsp3) is 0.0741. The molecule has 0 radical (unpaired) electrons. The SMILES string of the molecule is Nc1nc(CSc2nc(CSc3ccc(Cl)cc3)cc(=O)[nH]2)nc(Nc2ccc(Oc3ccccc3)cc2)n1. The van der Waals surface area contributed by atoms with Crippen LogP contribution in [0, 0.1) is 0 Å². The topological polar surface area (TPSA) is 132 Å². The number of ether oxygens (including phenoxy) is 1. The number of aromatic amines is 1. The smallest absolute Gasteiger partial charge is 0.251 e. The molecular formula is C27H22ClN7O2S2. The van der Waals surface area contributed by atoms with Gasteiger partial charge in [0, 0.05) is 27.4 Å². The van der Waals surface area contributed by atoms with Gasteiger partial charge in [-0.05, 0) is 60.7 Å². The van der Waals surface area contributed by atoms with E-state index in [1.165, 1.54) is 17.8 Å². The molecule has 196 valence electrons. The Bertz CT molecular complexity index is 1600. The lowest BCUT2D eigenvalue weighted by molar-refractivity contribution is 0.483. The van der Waals surface area contributed by atoms with Gasteiger partial charge in [0.05, 0.1) is 11.4 Å². The Morgan fingerprint density at radius 1 is 0.846 bits per heavy atom. The molecule has 0 bridgehead atoms. The van der Waals surface area contributed by atoms with Crippen molar-refractivity contribution in [2.45, 2.75) is 21.6 Å². The van der Waals surface area contributed by atoms with Crippen molar-refractivity contribution < 1.29 is 4.74 Å². The van der Waals surface area contributed by atoms with Crippen LogP contribution < -0.4 is 21.3 Å². The van der Waals surface area contributed by atoms with Gasteiger partial charge in [-0.1, -0.05) is 41.6 Å². The van der Waals surface area contributed by atoms with Gasteiger partial charge in [0.15, 0.2) is 5.16 Å². The number of thioether (sulfide) groups is 2. The maximum atomic E-state index is 12.2. The average Bonchev–Trinajstić information content (AvgIpc) is 2.93. The predicted molar refractivity (Wildman–Crippen MR) is 156 cm³/mol. The summed E-state index contributed by atoms with van der Waals surface area (Å²) in [4.78, 5) is 33.4. The van der Waals surface area contributed by atoms with Crippen molar-refractivity contribution >= 4 is 52.7 Å². The van der Waals surface area contributed by atoms with Crippen molar-refractivity contribution in [2.75, 3.05) is 11.1 Å². The first-order chi connectivity index (χ1) is 19.0. The number of nitrogens with zero attached hydrogens (tertiary/aromatic N) is 4. The summed E-state index contributed by atoms with van der Waals surface area (Å²) in [6.07, 6.45) is 0. The summed E-state index contributed by atoms with van der Waals surface area (Å²) in [5, 5.41) is 4.28. The van der Waals surface area contributed by atoms with Gasteiger partial charge in [0.2, 0.25) is 11.9 Å². The Hall–Kier alpha value is -4.06. The van der Waals surface area contributed by atoms with Gasteiger partial charge in [0.1, 0.15) is 17.3 Å². The molecule has 0 saturated carbocycles. The molecule has 0 spiro atoms. The third kappa shape index (κ3) is 7.96. The third-order valence-corrected chi connectivity index (χ3v) is 7.27. The van der Waals surface area contributed by atoms with Crippen LogP contribution in [0.15, 0.2) is 99.8 Å². The molecule has 4 N–H and O–H groups in total. The minimum atomic E-state index is -0.226. The molecule has 2 aromatic heterocycles. The van der Waals surface area contributed by atoms with Crippen LogP contribution in [0.3, 0.4) is 0 Å². The molecule has 5 rings (SSSR count). The minimum absolute atomic E-state index is 0.0849. The highest BCUT2D eigenvalue weighted by molar-refractivity contribution is 7.98. The molecule has 0 fully saturated rings. The quantitative estimate of drug-likeness (QED) is 0.128. The number of nitrogens with one attached hydrogen (secondary N) is 2. The van der Waals surface area contributed by atoms with E-state index in [9.17, 15) is 4.79 Å². The summed E-state index contributed by atoms with van der Waals surface area (Å²) in [6, 6.07) is 26.0. The summed E-state index contributed by atoms with van der Waals surface area (Å²) in [7, 11) is 0. The molecule has 0 atom stereocenters. The molecule has 0 unspecified atom stereocenters. The van der Waals surface area contributed by atoms with Crippen LogP contribution in [0.2, 0.25) is 5.02 Å². The lowest BCUT2D eigenvalue weighted by atomic mass is 10.3. The number of aromatic nitrogens is 5. The number of anilines is 3. The highest BCUT2D eigenvalue weighted by Crippen LogP contribution is 2.26. The Labute approximate surface area is 237 Å². The third-order valence-electron chi connectivity index (χ3n) is 5.10. The number of nitrogens with two attached hydrogens (primary N) is 1. The van der Waals surface area contributed by atoms with Crippen LogP contribution in [0.4, 0.5) is 17.6 Å². The van der Waals surface area contributed by atoms with Crippen LogP contribution in [0.1, 0.15) is 11.5 Å². The fourth-order valence-electron chi connectivity index (χ4n) is 3.37. The molecule has 3 aromatic carbocycles. The fourth-order valence-corrected chi connectivity index (χ4v) is 5.03. The van der Waals surface area contributed by atoms with Gasteiger partial charge in [-0.3, -0.25) is 4.79 Å². The lowest BCUT2D eigenvalue weighted by Gasteiger charge is -2.09. The van der Waals surface area contributed by atoms with Gasteiger partial charge in [0.25, 0.3) is 5.56 Å². The Morgan fingerprint density at radius 3 is 2.36 bits per heavy atom. The zero-order valence-corrected chi connectivity index (χ0v) is 22.8. The van der Waals surface area contributed by atoms with Crippen LogP contribution in [-0.4, -0.2) is 24.9 Å². The first kappa shape index (κ1) is 26.5. The molecule has 0 saturated heterocycles. The summed E-state index contributed by atoms with van der Waals surface area (Å²) in [5.74, 6) is 3.18. The van der Waals surface area contributed by atoms with E-state index in [1.54, 1.807) is 11.8 Å². The summed E-state index contributed by atoms with van der Waals surface area (Å²) >= 11 is 8.82. The highest BCUT2D eigenvalue weighted by Gasteiger charge is 2.09. The van der Waals surface area contributed by atoms with Gasteiger partial charge < -0.3 is 20.8 Å². The first-order valence-electron chi connectivity index (χ1n) is 11.7. The van der Waals surface area contributed by atoms with Crippen LogP contribution >= 0.6 is 35.1 Å². The van der Waals surface area contributed by atoms with Crippen molar-refractivity contribution in [1.82, 2.24) is 24.9 Å². The molecule has 0 aliphatic carbocycles. The van der Waals surface area contributed by atoms with Gasteiger partial charge in [-0.15, -0.1) is 11.8 Å². The van der Waals surface area contributed by atoms with Crippen molar-refractivity contribution in [1.29, 1.82) is 0 Å². The second kappa shape index (κ2) is 12.7. The Morgan fingerprint density at radius 2 is 1.59 bits per heavy atom.